The third kappa shape index (κ3) is 2.79. The fraction of sp³-hybridized carbons (Fsp3) is 0.538. The van der Waals surface area contributed by atoms with Gasteiger partial charge in [-0.25, -0.2) is 0 Å². The van der Waals surface area contributed by atoms with Crippen LogP contribution in [0.1, 0.15) is 44.9 Å². The molecule has 0 saturated carbocycles. The Bertz CT molecular complexity index is 489. The van der Waals surface area contributed by atoms with E-state index in [4.69, 9.17) is 10.3 Å². The lowest BCUT2D eigenvalue weighted by Crippen LogP contribution is -2.08. The van der Waals surface area contributed by atoms with Crippen LogP contribution in [-0.4, -0.2) is 14.9 Å². The quantitative estimate of drug-likeness (QED) is 0.853. The van der Waals surface area contributed by atoms with Crippen LogP contribution in [0.3, 0.4) is 0 Å². The van der Waals surface area contributed by atoms with E-state index in [0.717, 1.165) is 42.8 Å². The highest BCUT2D eigenvalue weighted by Crippen LogP contribution is 2.23. The molecule has 0 bridgehead atoms. The largest absolute Gasteiger partial charge is 0.359 e. The highest BCUT2D eigenvalue weighted by molar-refractivity contribution is 5.56. The van der Waals surface area contributed by atoms with Crippen LogP contribution in [0.2, 0.25) is 0 Å². The van der Waals surface area contributed by atoms with Crippen molar-refractivity contribution in [1.29, 1.82) is 0 Å². The molecule has 0 aliphatic carbocycles. The minimum absolute atomic E-state index is 0.0677. The molecule has 2 rings (SSSR count). The maximum absolute atomic E-state index is 6.00. The van der Waals surface area contributed by atoms with Crippen molar-refractivity contribution in [2.45, 2.75) is 45.7 Å². The normalized spacial score (nSPS) is 12.8. The molecule has 1 unspecified atom stereocenters. The maximum atomic E-state index is 6.00. The summed E-state index contributed by atoms with van der Waals surface area (Å²) in [6, 6.07) is 1.84. The number of nitrogens with two attached hydrogens (primary N) is 1. The summed E-state index contributed by atoms with van der Waals surface area (Å²) in [5.41, 5.74) is 7.77. The fourth-order valence-electron chi connectivity index (χ4n) is 1.90. The maximum Gasteiger partial charge on any atom is 0.154 e. The summed E-state index contributed by atoms with van der Waals surface area (Å²) < 4.78 is 7.20. The molecule has 0 amide bonds. The second-order valence-electron chi connectivity index (χ2n) is 4.50. The van der Waals surface area contributed by atoms with Crippen LogP contribution in [0, 0.1) is 0 Å². The monoisotopic (exact) mass is 248 g/mol. The molecule has 2 aromatic rings. The van der Waals surface area contributed by atoms with Crippen LogP contribution >= 0.6 is 0 Å². The number of hydrogen-bond acceptors (Lipinski definition) is 4. The van der Waals surface area contributed by atoms with Gasteiger partial charge in [-0.1, -0.05) is 25.4 Å². The van der Waals surface area contributed by atoms with E-state index in [2.05, 4.69) is 24.1 Å². The molecule has 0 fully saturated rings. The summed E-state index contributed by atoms with van der Waals surface area (Å²) in [6.45, 7) is 5.14. The Morgan fingerprint density at radius 3 is 2.94 bits per heavy atom. The van der Waals surface area contributed by atoms with E-state index < -0.39 is 0 Å². The van der Waals surface area contributed by atoms with Gasteiger partial charge in [0.05, 0.1) is 12.2 Å². The summed E-state index contributed by atoms with van der Waals surface area (Å²) >= 11 is 0. The van der Waals surface area contributed by atoms with E-state index >= 15 is 0 Å². The van der Waals surface area contributed by atoms with E-state index in [0.29, 0.717) is 0 Å². The second-order valence-corrected chi connectivity index (χ2v) is 4.50. The van der Waals surface area contributed by atoms with Crippen LogP contribution in [0.15, 0.2) is 23.0 Å². The molecule has 0 aliphatic heterocycles. The molecule has 2 N–H and O–H groups in total. The first-order chi connectivity index (χ1) is 8.74. The first kappa shape index (κ1) is 12.8. The standard InChI is InChI=1S/C13H20N4O/c1-3-5-11(14)13-7-12(16-18-13)10-8-15-17(9-10)6-4-2/h7-9,11H,3-6,14H2,1-2H3. The van der Waals surface area contributed by atoms with Crippen molar-refractivity contribution in [2.24, 2.45) is 5.73 Å². The molecule has 5 nitrogen and oxygen atoms in total. The van der Waals surface area contributed by atoms with E-state index in [1.807, 2.05) is 23.1 Å². The lowest BCUT2D eigenvalue weighted by atomic mass is 10.1. The van der Waals surface area contributed by atoms with Crippen molar-refractivity contribution >= 4 is 0 Å². The zero-order valence-electron chi connectivity index (χ0n) is 11.0. The third-order valence-corrected chi connectivity index (χ3v) is 2.88. The summed E-state index contributed by atoms with van der Waals surface area (Å²) in [5, 5.41) is 8.33. The van der Waals surface area contributed by atoms with E-state index in [1.54, 1.807) is 0 Å². The Balaban J connectivity index is 2.13. The van der Waals surface area contributed by atoms with Gasteiger partial charge >= 0.3 is 0 Å². The van der Waals surface area contributed by atoms with Crippen LogP contribution in [0.5, 0.6) is 0 Å². The van der Waals surface area contributed by atoms with Crippen LogP contribution in [0.4, 0.5) is 0 Å². The molecule has 0 saturated heterocycles. The number of aryl methyl sites for hydroxylation is 1. The Morgan fingerprint density at radius 1 is 1.39 bits per heavy atom. The van der Waals surface area contributed by atoms with E-state index in [-0.39, 0.29) is 6.04 Å². The van der Waals surface area contributed by atoms with Crippen molar-refractivity contribution in [1.82, 2.24) is 14.9 Å². The van der Waals surface area contributed by atoms with Crippen molar-refractivity contribution in [3.63, 3.8) is 0 Å². The second kappa shape index (κ2) is 5.82. The van der Waals surface area contributed by atoms with Crippen LogP contribution in [-0.2, 0) is 6.54 Å². The Kier molecular flexibility index (Phi) is 4.15. The highest BCUT2D eigenvalue weighted by atomic mass is 16.5. The molecule has 2 aromatic heterocycles. The first-order valence-electron chi connectivity index (χ1n) is 6.49. The van der Waals surface area contributed by atoms with Gasteiger partial charge in [-0.3, -0.25) is 4.68 Å². The number of hydrogen-bond donors (Lipinski definition) is 1. The SMILES string of the molecule is CCCC(N)c1cc(-c2cnn(CCC)c2)no1. The van der Waals surface area contributed by atoms with Crippen molar-refractivity contribution < 1.29 is 4.52 Å². The molecule has 0 spiro atoms. The zero-order chi connectivity index (χ0) is 13.0. The Labute approximate surface area is 107 Å². The summed E-state index contributed by atoms with van der Waals surface area (Å²) in [4.78, 5) is 0. The van der Waals surface area contributed by atoms with Gasteiger partial charge in [-0.2, -0.15) is 5.10 Å². The van der Waals surface area contributed by atoms with Gasteiger partial charge in [0.2, 0.25) is 0 Å². The topological polar surface area (TPSA) is 69.9 Å². The van der Waals surface area contributed by atoms with Crippen molar-refractivity contribution in [3.8, 4) is 11.3 Å². The van der Waals surface area contributed by atoms with Crippen molar-refractivity contribution in [3.05, 3.63) is 24.2 Å². The van der Waals surface area contributed by atoms with Gasteiger partial charge in [0.25, 0.3) is 0 Å². The minimum atomic E-state index is -0.0677. The summed E-state index contributed by atoms with van der Waals surface area (Å²) in [7, 11) is 0. The minimum Gasteiger partial charge on any atom is -0.359 e. The van der Waals surface area contributed by atoms with Gasteiger partial charge in [0.1, 0.15) is 5.69 Å². The Hall–Kier alpha value is -1.62. The fourth-order valence-corrected chi connectivity index (χ4v) is 1.90. The van der Waals surface area contributed by atoms with E-state index in [9.17, 15) is 0 Å². The molecular formula is C13H20N4O. The Morgan fingerprint density at radius 2 is 2.22 bits per heavy atom. The molecule has 0 radical (unpaired) electrons. The number of nitrogens with zero attached hydrogens (tertiary/aromatic N) is 3. The van der Waals surface area contributed by atoms with Crippen LogP contribution < -0.4 is 5.73 Å². The molecule has 18 heavy (non-hydrogen) atoms. The summed E-state index contributed by atoms with van der Waals surface area (Å²) in [5.74, 6) is 0.745. The molecular weight excluding hydrogens is 228 g/mol. The van der Waals surface area contributed by atoms with Crippen molar-refractivity contribution in [2.75, 3.05) is 0 Å². The van der Waals surface area contributed by atoms with Crippen LogP contribution in [0.25, 0.3) is 11.3 Å². The highest BCUT2D eigenvalue weighted by Gasteiger charge is 2.13. The number of rotatable bonds is 6. The van der Waals surface area contributed by atoms with Gasteiger partial charge in [0.15, 0.2) is 5.76 Å². The molecule has 98 valence electrons. The van der Waals surface area contributed by atoms with E-state index in [1.165, 1.54) is 0 Å². The lowest BCUT2D eigenvalue weighted by Gasteiger charge is -2.03. The van der Waals surface area contributed by atoms with Gasteiger partial charge in [-0.05, 0) is 12.8 Å². The molecule has 0 aliphatic rings. The van der Waals surface area contributed by atoms with Gasteiger partial charge in [0, 0.05) is 24.4 Å². The van der Waals surface area contributed by atoms with Gasteiger partial charge in [-0.15, -0.1) is 0 Å². The third-order valence-electron chi connectivity index (χ3n) is 2.88. The number of aromatic nitrogens is 3. The van der Waals surface area contributed by atoms with Gasteiger partial charge < -0.3 is 10.3 Å². The molecule has 2 heterocycles. The first-order valence-corrected chi connectivity index (χ1v) is 6.49. The lowest BCUT2D eigenvalue weighted by molar-refractivity contribution is 0.356. The molecule has 0 aromatic carbocycles. The molecule has 1 atom stereocenters. The molecule has 5 heteroatoms. The average Bonchev–Trinajstić information content (AvgIpc) is 2.97. The summed E-state index contributed by atoms with van der Waals surface area (Å²) in [6.07, 6.45) is 6.79. The smallest absolute Gasteiger partial charge is 0.154 e. The predicted molar refractivity (Wildman–Crippen MR) is 69.9 cm³/mol. The predicted octanol–water partition coefficient (Wildman–Crippen LogP) is 2.75. The zero-order valence-corrected chi connectivity index (χ0v) is 11.0. The average molecular weight is 248 g/mol.